The molecule has 70 valence electrons. The Bertz CT molecular complexity index is 372. The van der Waals surface area contributed by atoms with Crippen LogP contribution in [0.5, 0.6) is 0 Å². The molecule has 0 bridgehead atoms. The molecule has 1 saturated carbocycles. The van der Waals surface area contributed by atoms with Gasteiger partial charge in [0.1, 0.15) is 5.82 Å². The second-order valence-corrected chi connectivity index (χ2v) is 3.60. The fraction of sp³-hybridized carbons (Fsp3) is 0.556. The third kappa shape index (κ3) is 1.62. The maximum atomic E-state index is 11.1. The van der Waals surface area contributed by atoms with Crippen molar-refractivity contribution in [1.29, 1.82) is 0 Å². The molecule has 1 aliphatic rings. The quantitative estimate of drug-likeness (QED) is 0.691. The van der Waals surface area contributed by atoms with E-state index in [9.17, 15) is 4.79 Å². The number of H-pyrrole nitrogens is 1. The van der Waals surface area contributed by atoms with Gasteiger partial charge in [0.15, 0.2) is 0 Å². The highest BCUT2D eigenvalue weighted by atomic mass is 16.3. The monoisotopic (exact) mass is 180 g/mol. The summed E-state index contributed by atoms with van der Waals surface area (Å²) < 4.78 is 0. The molecular weight excluding hydrogens is 168 g/mol. The maximum Gasteiger partial charge on any atom is 0.251 e. The summed E-state index contributed by atoms with van der Waals surface area (Å²) in [5.41, 5.74) is 0.283. The van der Waals surface area contributed by atoms with E-state index in [1.54, 1.807) is 0 Å². The number of nitrogens with one attached hydrogen (secondary N) is 1. The fourth-order valence-electron chi connectivity index (χ4n) is 1.49. The van der Waals surface area contributed by atoms with Gasteiger partial charge in [0.05, 0.1) is 12.3 Å². The Morgan fingerprint density at radius 3 is 3.00 bits per heavy atom. The number of aromatic amines is 1. The zero-order chi connectivity index (χ0) is 9.42. The van der Waals surface area contributed by atoms with Gasteiger partial charge in [-0.15, -0.1) is 0 Å². The maximum absolute atomic E-state index is 11.1. The highest BCUT2D eigenvalue weighted by Gasteiger charge is 2.36. The molecule has 1 fully saturated rings. The van der Waals surface area contributed by atoms with Gasteiger partial charge in [0.25, 0.3) is 5.56 Å². The van der Waals surface area contributed by atoms with Crippen molar-refractivity contribution in [2.75, 3.05) is 0 Å². The third-order valence-corrected chi connectivity index (χ3v) is 2.44. The van der Waals surface area contributed by atoms with Crippen LogP contribution in [0.2, 0.25) is 0 Å². The van der Waals surface area contributed by atoms with Crippen LogP contribution in [-0.4, -0.2) is 15.1 Å². The van der Waals surface area contributed by atoms with E-state index in [4.69, 9.17) is 5.11 Å². The van der Waals surface area contributed by atoms with E-state index < -0.39 is 0 Å². The van der Waals surface area contributed by atoms with Gasteiger partial charge in [-0.05, 0) is 12.3 Å². The molecule has 2 unspecified atom stereocenters. The molecule has 0 spiro atoms. The van der Waals surface area contributed by atoms with Gasteiger partial charge in [-0.3, -0.25) is 4.79 Å². The molecular formula is C9H12N2O2. The fourth-order valence-corrected chi connectivity index (χ4v) is 1.49. The molecule has 2 atom stereocenters. The molecule has 1 aromatic heterocycles. The van der Waals surface area contributed by atoms with Gasteiger partial charge in [0.2, 0.25) is 0 Å². The highest BCUT2D eigenvalue weighted by Crippen LogP contribution is 2.44. The van der Waals surface area contributed by atoms with Crippen LogP contribution in [-0.2, 0) is 6.61 Å². The summed E-state index contributed by atoms with van der Waals surface area (Å²) in [6, 6.07) is 1.33. The summed E-state index contributed by atoms with van der Waals surface area (Å²) >= 11 is 0. The zero-order valence-corrected chi connectivity index (χ0v) is 7.45. The highest BCUT2D eigenvalue weighted by molar-refractivity contribution is 5.11. The van der Waals surface area contributed by atoms with Crippen molar-refractivity contribution in [2.24, 2.45) is 5.92 Å². The largest absolute Gasteiger partial charge is 0.390 e. The molecule has 0 radical (unpaired) electrons. The Kier molecular flexibility index (Phi) is 1.92. The predicted octanol–water partition coefficient (Wildman–Crippen LogP) is 0.386. The Morgan fingerprint density at radius 2 is 2.46 bits per heavy atom. The zero-order valence-electron chi connectivity index (χ0n) is 7.45. The van der Waals surface area contributed by atoms with Gasteiger partial charge < -0.3 is 10.1 Å². The van der Waals surface area contributed by atoms with E-state index in [1.807, 2.05) is 0 Å². The Balaban J connectivity index is 2.35. The van der Waals surface area contributed by atoms with Crippen LogP contribution >= 0.6 is 0 Å². The minimum absolute atomic E-state index is 0.169. The van der Waals surface area contributed by atoms with Crippen LogP contribution in [0.25, 0.3) is 0 Å². The standard InChI is InChI=1S/C9H12N2O2/c1-5-2-7(5)9-10-6(4-12)3-8(13)11-9/h3,5,7,12H,2,4H2,1H3,(H,10,11,13). The predicted molar refractivity (Wildman–Crippen MR) is 47.3 cm³/mol. The molecule has 2 rings (SSSR count). The van der Waals surface area contributed by atoms with E-state index in [0.717, 1.165) is 12.2 Å². The van der Waals surface area contributed by atoms with Crippen LogP contribution in [0.3, 0.4) is 0 Å². The number of hydrogen-bond acceptors (Lipinski definition) is 3. The van der Waals surface area contributed by atoms with Gasteiger partial charge in [-0.1, -0.05) is 6.92 Å². The van der Waals surface area contributed by atoms with Gasteiger partial charge in [-0.2, -0.15) is 0 Å². The molecule has 1 aliphatic carbocycles. The number of rotatable bonds is 2. The number of aromatic nitrogens is 2. The summed E-state index contributed by atoms with van der Waals surface area (Å²) in [6.45, 7) is 1.95. The molecule has 1 aromatic rings. The topological polar surface area (TPSA) is 66.0 Å². The van der Waals surface area contributed by atoms with E-state index in [0.29, 0.717) is 17.5 Å². The lowest BCUT2D eigenvalue weighted by Gasteiger charge is -1.99. The SMILES string of the molecule is CC1CC1c1nc(CO)cc(=O)[nH]1. The summed E-state index contributed by atoms with van der Waals surface area (Å²) in [5, 5.41) is 8.84. The van der Waals surface area contributed by atoms with Crippen molar-refractivity contribution in [3.63, 3.8) is 0 Å². The summed E-state index contributed by atoms with van der Waals surface area (Å²) in [4.78, 5) is 18.0. The van der Waals surface area contributed by atoms with Crippen LogP contribution < -0.4 is 5.56 Å². The van der Waals surface area contributed by atoms with E-state index in [1.165, 1.54) is 6.07 Å². The number of aliphatic hydroxyl groups excluding tert-OH is 1. The first-order valence-electron chi connectivity index (χ1n) is 4.41. The lowest BCUT2D eigenvalue weighted by atomic mass is 10.3. The van der Waals surface area contributed by atoms with Crippen LogP contribution in [0.4, 0.5) is 0 Å². The first-order valence-corrected chi connectivity index (χ1v) is 4.41. The summed E-state index contributed by atoms with van der Waals surface area (Å²) in [5.74, 6) is 1.72. The Labute approximate surface area is 75.6 Å². The van der Waals surface area contributed by atoms with Gasteiger partial charge in [-0.25, -0.2) is 4.98 Å². The summed E-state index contributed by atoms with van der Waals surface area (Å²) in [6.07, 6.45) is 1.08. The van der Waals surface area contributed by atoms with Crippen molar-refractivity contribution in [3.8, 4) is 0 Å². The molecule has 0 aromatic carbocycles. The van der Waals surface area contributed by atoms with Crippen molar-refractivity contribution in [1.82, 2.24) is 9.97 Å². The Hall–Kier alpha value is -1.16. The molecule has 13 heavy (non-hydrogen) atoms. The molecule has 0 saturated heterocycles. The van der Waals surface area contributed by atoms with Crippen molar-refractivity contribution < 1.29 is 5.11 Å². The lowest BCUT2D eigenvalue weighted by Crippen LogP contribution is -2.12. The number of hydrogen-bond donors (Lipinski definition) is 2. The van der Waals surface area contributed by atoms with E-state index in [2.05, 4.69) is 16.9 Å². The first kappa shape index (κ1) is 8.44. The van der Waals surface area contributed by atoms with Crippen LogP contribution in [0.1, 0.15) is 30.8 Å². The second-order valence-electron chi connectivity index (χ2n) is 3.60. The Morgan fingerprint density at radius 1 is 1.77 bits per heavy atom. The molecule has 2 N–H and O–H groups in total. The molecule has 4 nitrogen and oxygen atoms in total. The van der Waals surface area contributed by atoms with Crippen molar-refractivity contribution in [3.05, 3.63) is 27.9 Å². The van der Waals surface area contributed by atoms with E-state index in [-0.39, 0.29) is 12.2 Å². The smallest absolute Gasteiger partial charge is 0.251 e. The normalized spacial score (nSPS) is 26.0. The third-order valence-electron chi connectivity index (χ3n) is 2.44. The molecule has 1 heterocycles. The molecule has 0 amide bonds. The lowest BCUT2D eigenvalue weighted by molar-refractivity contribution is 0.276. The van der Waals surface area contributed by atoms with Crippen molar-refractivity contribution >= 4 is 0 Å². The van der Waals surface area contributed by atoms with E-state index >= 15 is 0 Å². The molecule has 0 aliphatic heterocycles. The average Bonchev–Trinajstić information content (AvgIpc) is 2.81. The summed E-state index contributed by atoms with van der Waals surface area (Å²) in [7, 11) is 0. The van der Waals surface area contributed by atoms with Crippen LogP contribution in [0.15, 0.2) is 10.9 Å². The first-order chi connectivity index (χ1) is 6.20. The molecule has 4 heteroatoms. The second kappa shape index (κ2) is 2.96. The van der Waals surface area contributed by atoms with Crippen molar-refractivity contribution in [2.45, 2.75) is 25.9 Å². The average molecular weight is 180 g/mol. The number of aliphatic hydroxyl groups is 1. The minimum atomic E-state index is -0.173. The minimum Gasteiger partial charge on any atom is -0.390 e. The van der Waals surface area contributed by atoms with Gasteiger partial charge in [0, 0.05) is 12.0 Å². The van der Waals surface area contributed by atoms with Crippen LogP contribution in [0, 0.1) is 5.92 Å². The van der Waals surface area contributed by atoms with Gasteiger partial charge >= 0.3 is 0 Å². The number of nitrogens with zero attached hydrogens (tertiary/aromatic N) is 1.